The van der Waals surface area contributed by atoms with Gasteiger partial charge in [0.1, 0.15) is 0 Å². The highest BCUT2D eigenvalue weighted by molar-refractivity contribution is 6.24. The lowest BCUT2D eigenvalue weighted by atomic mass is 9.98. The van der Waals surface area contributed by atoms with Crippen molar-refractivity contribution in [1.82, 2.24) is 9.80 Å². The van der Waals surface area contributed by atoms with Gasteiger partial charge in [0.05, 0.1) is 46.9 Å². The average molecular weight is 749 g/mol. The molecule has 56 heavy (non-hydrogen) atoms. The molecule has 0 N–H and O–H groups in total. The molecular formula is C48H48N2O6. The first-order chi connectivity index (χ1) is 27.3. The van der Waals surface area contributed by atoms with E-state index in [-0.39, 0.29) is 36.2 Å². The molecule has 2 aliphatic heterocycles. The molecule has 0 bridgehead atoms. The van der Waals surface area contributed by atoms with Gasteiger partial charge in [0.15, 0.2) is 0 Å². The fourth-order valence-electron chi connectivity index (χ4n) is 7.05. The Bertz CT molecular complexity index is 2040. The van der Waals surface area contributed by atoms with Crippen LogP contribution in [0.25, 0.3) is 34.7 Å². The van der Waals surface area contributed by atoms with Crippen LogP contribution >= 0.6 is 0 Å². The highest BCUT2D eigenvalue weighted by Crippen LogP contribution is 2.40. The van der Waals surface area contributed by atoms with Crippen LogP contribution in [0.3, 0.4) is 0 Å². The van der Waals surface area contributed by atoms with Gasteiger partial charge in [-0.15, -0.1) is 0 Å². The Morgan fingerprint density at radius 2 is 0.857 bits per heavy atom. The summed E-state index contributed by atoms with van der Waals surface area (Å²) in [5, 5.41) is 0. The van der Waals surface area contributed by atoms with Crippen LogP contribution in [0.5, 0.6) is 0 Å². The molecule has 0 aromatic heterocycles. The number of benzene rings is 4. The molecule has 0 unspecified atom stereocenters. The predicted octanol–water partition coefficient (Wildman–Crippen LogP) is 9.35. The molecule has 0 saturated heterocycles. The maximum Gasteiger partial charge on any atom is 0.341 e. The SMILES string of the molecule is CCCCN1C(=O)C(=Cc2ccc(-c3ccc(C=C4C(=O)N(CCCC)C(c5ccccc5)=C4C(=O)OCC)cc3)cc2)C(C(=O)OCC)=C1c1ccccc1. The van der Waals surface area contributed by atoms with Crippen LogP contribution in [-0.4, -0.2) is 59.9 Å². The number of unbranched alkanes of at least 4 members (excludes halogenated alkanes) is 2. The van der Waals surface area contributed by atoms with Crippen molar-refractivity contribution in [2.24, 2.45) is 0 Å². The van der Waals surface area contributed by atoms with Crippen LogP contribution in [0.1, 0.15) is 75.6 Å². The fourth-order valence-corrected chi connectivity index (χ4v) is 7.05. The number of amides is 2. The molecule has 0 radical (unpaired) electrons. The predicted molar refractivity (Wildman–Crippen MR) is 221 cm³/mol. The summed E-state index contributed by atoms with van der Waals surface area (Å²) in [7, 11) is 0. The lowest BCUT2D eigenvalue weighted by Gasteiger charge is -2.20. The maximum atomic E-state index is 14.0. The maximum absolute atomic E-state index is 14.0. The van der Waals surface area contributed by atoms with Gasteiger partial charge in [-0.05, 0) is 72.2 Å². The van der Waals surface area contributed by atoms with Crippen LogP contribution in [-0.2, 0) is 28.7 Å². The number of carbonyl (C=O) groups excluding carboxylic acids is 4. The number of esters is 2. The van der Waals surface area contributed by atoms with E-state index in [1.807, 2.05) is 109 Å². The number of hydrogen-bond acceptors (Lipinski definition) is 6. The van der Waals surface area contributed by atoms with Crippen molar-refractivity contribution >= 4 is 47.3 Å². The summed E-state index contributed by atoms with van der Waals surface area (Å²) in [6, 6.07) is 34.6. The van der Waals surface area contributed by atoms with Crippen LogP contribution < -0.4 is 0 Å². The highest BCUT2D eigenvalue weighted by Gasteiger charge is 2.41. The Hall–Kier alpha value is -6.28. The second-order valence-corrected chi connectivity index (χ2v) is 13.6. The van der Waals surface area contributed by atoms with E-state index in [2.05, 4.69) is 13.8 Å². The Kier molecular flexibility index (Phi) is 12.9. The van der Waals surface area contributed by atoms with Gasteiger partial charge in [-0.25, -0.2) is 9.59 Å². The molecule has 6 rings (SSSR count). The van der Waals surface area contributed by atoms with Gasteiger partial charge >= 0.3 is 11.9 Å². The molecule has 0 aliphatic carbocycles. The standard InChI is InChI=1S/C48H48N2O6/c1-5-9-29-49-43(37-17-13-11-14-18-37)41(47(53)55-7-3)39(45(49)51)31-33-21-25-35(26-22-33)36-27-23-34(24-28-36)32-40-42(48(54)56-8-4)44(38-19-15-12-16-20-38)50(46(40)52)30-10-6-2/h11-28,31-32H,5-10,29-30H2,1-4H3. The van der Waals surface area contributed by atoms with Crippen LogP contribution in [0.2, 0.25) is 0 Å². The Morgan fingerprint density at radius 3 is 1.18 bits per heavy atom. The van der Waals surface area contributed by atoms with Crippen LogP contribution in [0.15, 0.2) is 131 Å². The minimum absolute atomic E-state index is 0.192. The molecule has 8 heteroatoms. The number of hydrogen-bond donors (Lipinski definition) is 0. The average Bonchev–Trinajstić information content (AvgIpc) is 3.66. The Labute approximate surface area is 329 Å². The van der Waals surface area contributed by atoms with E-state index in [0.717, 1.165) is 59.1 Å². The summed E-state index contributed by atoms with van der Waals surface area (Å²) in [4.78, 5) is 58.3. The van der Waals surface area contributed by atoms with E-state index in [1.165, 1.54) is 0 Å². The first-order valence-corrected chi connectivity index (χ1v) is 19.5. The van der Waals surface area contributed by atoms with E-state index in [0.29, 0.717) is 35.6 Å². The van der Waals surface area contributed by atoms with E-state index >= 15 is 0 Å². The van der Waals surface area contributed by atoms with Gasteiger partial charge in [0.25, 0.3) is 11.8 Å². The fraction of sp³-hybridized carbons (Fsp3) is 0.250. The smallest absolute Gasteiger partial charge is 0.341 e. The number of ether oxygens (including phenoxy) is 2. The van der Waals surface area contributed by atoms with Gasteiger partial charge in [-0.3, -0.25) is 9.59 Å². The molecule has 0 atom stereocenters. The summed E-state index contributed by atoms with van der Waals surface area (Å²) in [5.74, 6) is -1.49. The molecule has 8 nitrogen and oxygen atoms in total. The zero-order valence-corrected chi connectivity index (χ0v) is 32.5. The van der Waals surface area contributed by atoms with Crippen LogP contribution in [0, 0.1) is 0 Å². The third-order valence-corrected chi connectivity index (χ3v) is 9.80. The first-order valence-electron chi connectivity index (χ1n) is 19.5. The van der Waals surface area contributed by atoms with Crippen molar-refractivity contribution in [3.05, 3.63) is 154 Å². The van der Waals surface area contributed by atoms with E-state index in [1.54, 1.807) is 35.8 Å². The topological polar surface area (TPSA) is 93.2 Å². The van der Waals surface area contributed by atoms with Gasteiger partial charge in [-0.2, -0.15) is 0 Å². The molecule has 4 aromatic carbocycles. The van der Waals surface area contributed by atoms with Gasteiger partial charge < -0.3 is 19.3 Å². The Morgan fingerprint density at radius 1 is 0.500 bits per heavy atom. The minimum Gasteiger partial charge on any atom is -0.462 e. The van der Waals surface area contributed by atoms with Crippen molar-refractivity contribution in [2.45, 2.75) is 53.4 Å². The molecule has 2 heterocycles. The summed E-state index contributed by atoms with van der Waals surface area (Å²) in [6.45, 7) is 9.02. The van der Waals surface area contributed by atoms with Gasteiger partial charge in [0.2, 0.25) is 0 Å². The van der Waals surface area contributed by atoms with Crippen molar-refractivity contribution in [2.75, 3.05) is 26.3 Å². The minimum atomic E-state index is -0.522. The molecule has 4 aromatic rings. The van der Waals surface area contributed by atoms with Crippen molar-refractivity contribution in [1.29, 1.82) is 0 Å². The molecule has 0 spiro atoms. The molecule has 0 saturated carbocycles. The second kappa shape index (κ2) is 18.4. The summed E-state index contributed by atoms with van der Waals surface area (Å²) in [5.41, 5.74) is 7.33. The molecular weight excluding hydrogens is 701 g/mol. The monoisotopic (exact) mass is 748 g/mol. The molecule has 2 amide bonds. The van der Waals surface area contributed by atoms with Crippen molar-refractivity contribution in [3.63, 3.8) is 0 Å². The number of rotatable bonds is 15. The Balaban J connectivity index is 1.32. The second-order valence-electron chi connectivity index (χ2n) is 13.6. The molecule has 2 aliphatic rings. The normalized spacial score (nSPS) is 15.8. The van der Waals surface area contributed by atoms with Crippen molar-refractivity contribution < 1.29 is 28.7 Å². The number of carbonyl (C=O) groups is 4. The highest BCUT2D eigenvalue weighted by atomic mass is 16.5. The summed E-state index contributed by atoms with van der Waals surface area (Å²) in [6.07, 6.45) is 6.92. The van der Waals surface area contributed by atoms with E-state index in [9.17, 15) is 19.2 Å². The third kappa shape index (κ3) is 8.35. The van der Waals surface area contributed by atoms with E-state index < -0.39 is 11.9 Å². The third-order valence-electron chi connectivity index (χ3n) is 9.80. The first kappa shape index (κ1) is 39.4. The van der Waals surface area contributed by atoms with Gasteiger partial charge in [0, 0.05) is 13.1 Å². The van der Waals surface area contributed by atoms with Gasteiger partial charge in [-0.1, -0.05) is 136 Å². The zero-order valence-electron chi connectivity index (χ0n) is 32.5. The molecule has 0 fully saturated rings. The molecule has 286 valence electrons. The lowest BCUT2D eigenvalue weighted by molar-refractivity contribution is -0.139. The quantitative estimate of drug-likeness (QED) is 0.0889. The summed E-state index contributed by atoms with van der Waals surface area (Å²) < 4.78 is 11.0. The largest absolute Gasteiger partial charge is 0.462 e. The van der Waals surface area contributed by atoms with E-state index in [4.69, 9.17) is 9.47 Å². The van der Waals surface area contributed by atoms with Crippen LogP contribution in [0.4, 0.5) is 0 Å². The number of nitrogens with zero attached hydrogens (tertiary/aromatic N) is 2. The summed E-state index contributed by atoms with van der Waals surface area (Å²) >= 11 is 0. The van der Waals surface area contributed by atoms with Crippen molar-refractivity contribution in [3.8, 4) is 11.1 Å². The lowest BCUT2D eigenvalue weighted by Crippen LogP contribution is -2.26. The zero-order chi connectivity index (χ0) is 39.6.